The van der Waals surface area contributed by atoms with Crippen molar-refractivity contribution in [3.8, 4) is 0 Å². The molecule has 0 atom stereocenters. The highest BCUT2D eigenvalue weighted by Crippen LogP contribution is 2.29. The second-order valence-electron chi connectivity index (χ2n) is 4.25. The number of carbonyl (C=O) groups excluding carboxylic acids is 2. The number of nitrogens with one attached hydrogen (secondary N) is 1. The monoisotopic (exact) mass is 338 g/mol. The van der Waals surface area contributed by atoms with Crippen molar-refractivity contribution in [2.24, 2.45) is 0 Å². The van der Waals surface area contributed by atoms with E-state index in [-0.39, 0.29) is 5.57 Å². The number of hydrogen-bond donors (Lipinski definition) is 1. The molecule has 0 aliphatic carbocycles. The number of thiophene rings is 1. The molecule has 4 nitrogen and oxygen atoms in total. The largest absolute Gasteiger partial charge is 0.282 e. The average molecular weight is 339 g/mol. The van der Waals surface area contributed by atoms with Gasteiger partial charge in [-0.15, -0.1) is 11.3 Å². The highest BCUT2D eigenvalue weighted by molar-refractivity contribution is 7.10. The Morgan fingerprint density at radius 3 is 2.62 bits per heavy atom. The molecule has 7 heteroatoms. The summed E-state index contributed by atoms with van der Waals surface area (Å²) in [4.78, 5) is 25.1. The fourth-order valence-corrected chi connectivity index (χ4v) is 2.83. The normalized spacial score (nSPS) is 16.7. The maximum Gasteiger partial charge on any atom is 0.282 e. The summed E-state index contributed by atoms with van der Waals surface area (Å²) in [7, 11) is 0. The number of amides is 2. The summed E-state index contributed by atoms with van der Waals surface area (Å²) in [6.07, 6.45) is 1.57. The van der Waals surface area contributed by atoms with Crippen LogP contribution in [0.1, 0.15) is 4.88 Å². The van der Waals surface area contributed by atoms with Gasteiger partial charge < -0.3 is 0 Å². The highest BCUT2D eigenvalue weighted by Gasteiger charge is 2.34. The Bertz CT molecular complexity index is 756. The molecule has 2 aromatic rings. The van der Waals surface area contributed by atoms with Gasteiger partial charge >= 0.3 is 0 Å². The van der Waals surface area contributed by atoms with Crippen molar-refractivity contribution in [3.05, 3.63) is 56.2 Å². The Labute approximate surface area is 134 Å². The number of nitrogens with zero attached hydrogens (tertiary/aromatic N) is 1. The molecule has 1 saturated heterocycles. The SMILES string of the molecule is O=C1NN(c2ccc(Cl)c(Cl)c2)C(=O)/C1=C\c1cccs1. The van der Waals surface area contributed by atoms with Crippen molar-refractivity contribution >= 4 is 58.1 Å². The van der Waals surface area contributed by atoms with E-state index in [1.807, 2.05) is 17.5 Å². The predicted octanol–water partition coefficient (Wildman–Crippen LogP) is 3.52. The maximum atomic E-state index is 12.3. The van der Waals surface area contributed by atoms with Gasteiger partial charge in [0.25, 0.3) is 11.8 Å². The second-order valence-corrected chi connectivity index (χ2v) is 6.05. The zero-order valence-corrected chi connectivity index (χ0v) is 12.8. The van der Waals surface area contributed by atoms with Crippen molar-refractivity contribution in [1.29, 1.82) is 0 Å². The Kier molecular flexibility index (Phi) is 3.71. The van der Waals surface area contributed by atoms with Crippen LogP contribution in [0.4, 0.5) is 5.69 Å². The van der Waals surface area contributed by atoms with Gasteiger partial charge in [0.1, 0.15) is 5.57 Å². The zero-order valence-electron chi connectivity index (χ0n) is 10.5. The molecule has 2 heterocycles. The van der Waals surface area contributed by atoms with Crippen LogP contribution in [-0.2, 0) is 9.59 Å². The van der Waals surface area contributed by atoms with Gasteiger partial charge in [-0.25, -0.2) is 5.01 Å². The van der Waals surface area contributed by atoms with E-state index in [4.69, 9.17) is 23.2 Å². The van der Waals surface area contributed by atoms with Crippen molar-refractivity contribution in [3.63, 3.8) is 0 Å². The Balaban J connectivity index is 1.95. The van der Waals surface area contributed by atoms with Crippen molar-refractivity contribution < 1.29 is 9.59 Å². The molecule has 1 aliphatic rings. The maximum absolute atomic E-state index is 12.3. The molecule has 1 aliphatic heterocycles. The highest BCUT2D eigenvalue weighted by atomic mass is 35.5. The lowest BCUT2D eigenvalue weighted by atomic mass is 10.2. The van der Waals surface area contributed by atoms with Crippen molar-refractivity contribution in [2.45, 2.75) is 0 Å². The van der Waals surface area contributed by atoms with Crippen LogP contribution in [0.5, 0.6) is 0 Å². The smallest absolute Gasteiger partial charge is 0.267 e. The molecule has 0 radical (unpaired) electrons. The Hall–Kier alpha value is -1.82. The summed E-state index contributed by atoms with van der Waals surface area (Å²) in [5.41, 5.74) is 3.05. The van der Waals surface area contributed by atoms with Gasteiger partial charge in [-0.3, -0.25) is 15.0 Å². The molecule has 1 N–H and O–H groups in total. The lowest BCUT2D eigenvalue weighted by molar-refractivity contribution is -0.117. The quantitative estimate of drug-likeness (QED) is 0.672. The molecular formula is C14H8Cl2N2O2S. The van der Waals surface area contributed by atoms with E-state index in [0.29, 0.717) is 15.7 Å². The van der Waals surface area contributed by atoms with Crippen LogP contribution < -0.4 is 10.4 Å². The minimum atomic E-state index is -0.445. The average Bonchev–Trinajstić information content (AvgIpc) is 3.06. The summed E-state index contributed by atoms with van der Waals surface area (Å²) in [6.45, 7) is 0. The van der Waals surface area contributed by atoms with Crippen molar-refractivity contribution in [1.82, 2.24) is 5.43 Å². The standard InChI is InChI=1S/C14H8Cl2N2O2S/c15-11-4-3-8(6-12(11)16)18-14(20)10(13(19)17-18)7-9-2-1-5-21-9/h1-7H,(H,17,19)/b10-7-. The van der Waals surface area contributed by atoms with E-state index < -0.39 is 11.8 Å². The van der Waals surface area contributed by atoms with E-state index in [9.17, 15) is 9.59 Å². The van der Waals surface area contributed by atoms with Crippen LogP contribution in [0.15, 0.2) is 41.3 Å². The Morgan fingerprint density at radius 1 is 1.14 bits per heavy atom. The molecule has 106 valence electrons. The van der Waals surface area contributed by atoms with Crippen LogP contribution in [0.25, 0.3) is 6.08 Å². The molecule has 0 spiro atoms. The van der Waals surface area contributed by atoms with E-state index >= 15 is 0 Å². The number of halogens is 2. The summed E-state index contributed by atoms with van der Waals surface area (Å²) in [6, 6.07) is 8.39. The lowest BCUT2D eigenvalue weighted by Crippen LogP contribution is -2.35. The molecule has 1 aromatic heterocycles. The van der Waals surface area contributed by atoms with E-state index in [1.54, 1.807) is 18.2 Å². The van der Waals surface area contributed by atoms with Gasteiger partial charge in [0.15, 0.2) is 0 Å². The topological polar surface area (TPSA) is 49.4 Å². The van der Waals surface area contributed by atoms with E-state index in [0.717, 1.165) is 9.89 Å². The first-order valence-corrected chi connectivity index (χ1v) is 7.55. The molecule has 0 saturated carbocycles. The summed E-state index contributed by atoms with van der Waals surface area (Å²) >= 11 is 13.2. The van der Waals surface area contributed by atoms with Crippen LogP contribution in [-0.4, -0.2) is 11.8 Å². The predicted molar refractivity (Wildman–Crippen MR) is 84.4 cm³/mol. The minimum absolute atomic E-state index is 0.0866. The third-order valence-electron chi connectivity index (χ3n) is 2.88. The molecular weight excluding hydrogens is 331 g/mol. The van der Waals surface area contributed by atoms with E-state index in [1.165, 1.54) is 17.4 Å². The number of benzene rings is 1. The summed E-state index contributed by atoms with van der Waals surface area (Å²) in [5, 5.41) is 3.73. The number of anilines is 1. The molecule has 0 unspecified atom stereocenters. The molecule has 3 rings (SSSR count). The van der Waals surface area contributed by atoms with Crippen LogP contribution >= 0.6 is 34.5 Å². The molecule has 1 fully saturated rings. The van der Waals surface area contributed by atoms with Gasteiger partial charge in [-0.05, 0) is 35.7 Å². The third-order valence-corrected chi connectivity index (χ3v) is 4.44. The summed E-state index contributed by atoms with van der Waals surface area (Å²) < 4.78 is 0. The number of rotatable bonds is 2. The second kappa shape index (κ2) is 5.52. The molecule has 21 heavy (non-hydrogen) atoms. The van der Waals surface area contributed by atoms with Gasteiger partial charge in [-0.1, -0.05) is 29.3 Å². The minimum Gasteiger partial charge on any atom is -0.267 e. The Morgan fingerprint density at radius 2 is 1.95 bits per heavy atom. The number of carbonyl (C=O) groups is 2. The van der Waals surface area contributed by atoms with Gasteiger partial charge in [0, 0.05) is 4.88 Å². The number of hydrazine groups is 1. The first-order valence-electron chi connectivity index (χ1n) is 5.92. The molecule has 2 amide bonds. The third kappa shape index (κ3) is 2.68. The van der Waals surface area contributed by atoms with E-state index in [2.05, 4.69) is 5.43 Å². The zero-order chi connectivity index (χ0) is 15.0. The fourth-order valence-electron chi connectivity index (χ4n) is 1.88. The van der Waals surface area contributed by atoms with Gasteiger partial charge in [0.2, 0.25) is 0 Å². The van der Waals surface area contributed by atoms with Gasteiger partial charge in [0.05, 0.1) is 15.7 Å². The lowest BCUT2D eigenvalue weighted by Gasteiger charge is -2.15. The van der Waals surface area contributed by atoms with Crippen LogP contribution in [0, 0.1) is 0 Å². The fraction of sp³-hybridized carbons (Fsp3) is 0. The molecule has 0 bridgehead atoms. The van der Waals surface area contributed by atoms with Crippen LogP contribution in [0.3, 0.4) is 0 Å². The number of hydrogen-bond acceptors (Lipinski definition) is 3. The van der Waals surface area contributed by atoms with Crippen molar-refractivity contribution in [2.75, 3.05) is 5.01 Å². The molecule has 1 aromatic carbocycles. The van der Waals surface area contributed by atoms with Gasteiger partial charge in [-0.2, -0.15) is 0 Å². The first kappa shape index (κ1) is 14.1. The summed E-state index contributed by atoms with van der Waals surface area (Å²) in [5.74, 6) is -0.869. The van der Waals surface area contributed by atoms with Crippen LogP contribution in [0.2, 0.25) is 10.0 Å². The first-order chi connectivity index (χ1) is 10.1.